The Labute approximate surface area is 154 Å². The maximum absolute atomic E-state index is 13.9. The van der Waals surface area contributed by atoms with Crippen molar-refractivity contribution in [1.82, 2.24) is 19.6 Å². The molecule has 0 saturated carbocycles. The average Bonchev–Trinajstić information content (AvgIpc) is 3.10. The SMILES string of the molecule is CN(Cc1c(F)cccc1Cl)Cn1nc(CN2CCCC2=O)oc1=S. The number of carbonyl (C=O) groups is 1. The maximum Gasteiger partial charge on any atom is 0.288 e. The van der Waals surface area contributed by atoms with Crippen LogP contribution in [0.4, 0.5) is 4.39 Å². The largest absolute Gasteiger partial charge is 0.412 e. The van der Waals surface area contributed by atoms with E-state index in [-0.39, 0.29) is 16.6 Å². The van der Waals surface area contributed by atoms with Crippen molar-refractivity contribution in [2.45, 2.75) is 32.6 Å². The predicted octanol–water partition coefficient (Wildman–Crippen LogP) is 3.21. The number of benzene rings is 1. The van der Waals surface area contributed by atoms with Crippen molar-refractivity contribution in [2.75, 3.05) is 13.6 Å². The molecule has 6 nitrogen and oxygen atoms in total. The molecule has 1 aromatic carbocycles. The predicted molar refractivity (Wildman–Crippen MR) is 92.9 cm³/mol. The van der Waals surface area contributed by atoms with E-state index in [9.17, 15) is 9.18 Å². The molecule has 3 rings (SSSR count). The first-order chi connectivity index (χ1) is 11.9. The topological polar surface area (TPSA) is 54.5 Å². The third kappa shape index (κ3) is 4.26. The summed E-state index contributed by atoms with van der Waals surface area (Å²) in [7, 11) is 1.81. The highest BCUT2D eigenvalue weighted by atomic mass is 35.5. The molecule has 1 amide bonds. The van der Waals surface area contributed by atoms with E-state index in [1.54, 1.807) is 17.0 Å². The summed E-state index contributed by atoms with van der Waals surface area (Å²) >= 11 is 11.2. The van der Waals surface area contributed by atoms with Gasteiger partial charge in [-0.15, -0.1) is 5.10 Å². The molecule has 25 heavy (non-hydrogen) atoms. The Hall–Kier alpha value is -1.77. The molecule has 0 unspecified atom stereocenters. The lowest BCUT2D eigenvalue weighted by molar-refractivity contribution is -0.128. The summed E-state index contributed by atoms with van der Waals surface area (Å²) in [5.41, 5.74) is 0.421. The van der Waals surface area contributed by atoms with Crippen molar-refractivity contribution < 1.29 is 13.6 Å². The molecule has 134 valence electrons. The van der Waals surface area contributed by atoms with E-state index in [1.165, 1.54) is 10.7 Å². The molecule has 1 fully saturated rings. The quantitative estimate of drug-likeness (QED) is 0.716. The van der Waals surface area contributed by atoms with Crippen LogP contribution in [0.1, 0.15) is 24.3 Å². The Morgan fingerprint density at radius 2 is 2.28 bits per heavy atom. The molecule has 1 aliphatic heterocycles. The normalized spacial score (nSPS) is 14.7. The standard InChI is InChI=1S/C16H18ClFN4O2S/c1-20(8-11-12(17)4-2-5-13(11)18)10-22-16(25)24-14(19-22)9-21-7-3-6-15(21)23/h2,4-5H,3,6-10H2,1H3. The number of hydrogen-bond acceptors (Lipinski definition) is 5. The zero-order chi connectivity index (χ0) is 18.0. The van der Waals surface area contributed by atoms with Crippen molar-refractivity contribution in [1.29, 1.82) is 0 Å². The van der Waals surface area contributed by atoms with Gasteiger partial charge in [-0.25, -0.2) is 9.07 Å². The van der Waals surface area contributed by atoms with E-state index in [4.69, 9.17) is 28.2 Å². The Morgan fingerprint density at radius 1 is 1.48 bits per heavy atom. The summed E-state index contributed by atoms with van der Waals surface area (Å²) in [5, 5.41) is 4.70. The molecule has 0 radical (unpaired) electrons. The second-order valence-electron chi connectivity index (χ2n) is 6.04. The van der Waals surface area contributed by atoms with Crippen LogP contribution in [0.15, 0.2) is 22.6 Å². The number of likely N-dealkylation sites (tertiary alicyclic amines) is 1. The van der Waals surface area contributed by atoms with Crippen molar-refractivity contribution in [3.63, 3.8) is 0 Å². The van der Waals surface area contributed by atoms with E-state index in [1.807, 2.05) is 11.9 Å². The minimum Gasteiger partial charge on any atom is -0.412 e. The summed E-state index contributed by atoms with van der Waals surface area (Å²) in [6, 6.07) is 4.60. The third-order valence-corrected chi connectivity index (χ3v) is 4.66. The van der Waals surface area contributed by atoms with E-state index in [0.717, 1.165) is 6.42 Å². The molecule has 2 aromatic rings. The first-order valence-corrected chi connectivity index (χ1v) is 8.68. The van der Waals surface area contributed by atoms with Crippen LogP contribution in [0.5, 0.6) is 0 Å². The summed E-state index contributed by atoms with van der Waals surface area (Å²) in [6.07, 6.45) is 1.42. The van der Waals surface area contributed by atoms with Crippen LogP contribution in [0.3, 0.4) is 0 Å². The van der Waals surface area contributed by atoms with Crippen molar-refractivity contribution in [3.05, 3.63) is 45.3 Å². The lowest BCUT2D eigenvalue weighted by atomic mass is 10.2. The molecule has 1 aromatic heterocycles. The molecule has 9 heteroatoms. The van der Waals surface area contributed by atoms with E-state index >= 15 is 0 Å². The summed E-state index contributed by atoms with van der Waals surface area (Å²) in [4.78, 5) is 15.4. The number of aromatic nitrogens is 2. The van der Waals surface area contributed by atoms with Crippen LogP contribution >= 0.6 is 23.8 Å². The first kappa shape index (κ1) is 18.0. The number of rotatable bonds is 6. The van der Waals surface area contributed by atoms with Crippen molar-refractivity contribution in [2.24, 2.45) is 0 Å². The van der Waals surface area contributed by atoms with Gasteiger partial charge in [0.1, 0.15) is 5.82 Å². The first-order valence-electron chi connectivity index (χ1n) is 7.90. The van der Waals surface area contributed by atoms with E-state index < -0.39 is 0 Å². The third-order valence-electron chi connectivity index (χ3n) is 4.01. The Bertz CT molecular complexity index is 818. The van der Waals surface area contributed by atoms with Crippen molar-refractivity contribution >= 4 is 29.7 Å². The van der Waals surface area contributed by atoms with Gasteiger partial charge in [-0.1, -0.05) is 17.7 Å². The fourth-order valence-electron chi connectivity index (χ4n) is 2.77. The zero-order valence-corrected chi connectivity index (χ0v) is 15.3. The number of carbonyl (C=O) groups excluding carboxylic acids is 1. The lowest BCUT2D eigenvalue weighted by Gasteiger charge is -2.17. The van der Waals surface area contributed by atoms with Gasteiger partial charge in [0, 0.05) is 30.1 Å². The lowest BCUT2D eigenvalue weighted by Crippen LogP contribution is -2.25. The van der Waals surface area contributed by atoms with Gasteiger partial charge in [-0.3, -0.25) is 9.69 Å². The number of nitrogens with zero attached hydrogens (tertiary/aromatic N) is 4. The fourth-order valence-corrected chi connectivity index (χ4v) is 3.19. The average molecular weight is 385 g/mol. The van der Waals surface area contributed by atoms with Gasteiger partial charge >= 0.3 is 0 Å². The molecule has 0 spiro atoms. The number of amides is 1. The van der Waals surface area contributed by atoms with Crippen LogP contribution in [-0.2, 0) is 24.6 Å². The molecule has 0 bridgehead atoms. The Morgan fingerprint density at radius 3 is 2.96 bits per heavy atom. The van der Waals surface area contributed by atoms with Crippen LogP contribution in [-0.4, -0.2) is 39.1 Å². The second kappa shape index (κ2) is 7.63. The van der Waals surface area contributed by atoms with Gasteiger partial charge < -0.3 is 9.32 Å². The fraction of sp³-hybridized carbons (Fsp3) is 0.438. The van der Waals surface area contributed by atoms with Crippen molar-refractivity contribution in [3.8, 4) is 0 Å². The highest BCUT2D eigenvalue weighted by molar-refractivity contribution is 7.71. The van der Waals surface area contributed by atoms with Crippen LogP contribution in [0, 0.1) is 10.7 Å². The summed E-state index contributed by atoms with van der Waals surface area (Å²) in [6.45, 7) is 1.65. The highest BCUT2D eigenvalue weighted by Crippen LogP contribution is 2.20. The van der Waals surface area contributed by atoms with Gasteiger partial charge in [0.05, 0.1) is 13.2 Å². The molecule has 0 N–H and O–H groups in total. The Balaban J connectivity index is 1.66. The molecule has 2 heterocycles. The number of halogens is 2. The van der Waals surface area contributed by atoms with Gasteiger partial charge in [0.2, 0.25) is 11.8 Å². The Kier molecular flexibility index (Phi) is 5.51. The van der Waals surface area contributed by atoms with E-state index in [2.05, 4.69) is 5.10 Å². The minimum absolute atomic E-state index is 0.0991. The number of hydrogen-bond donors (Lipinski definition) is 0. The molecular weight excluding hydrogens is 367 g/mol. The summed E-state index contributed by atoms with van der Waals surface area (Å²) < 4.78 is 20.9. The molecule has 1 saturated heterocycles. The second-order valence-corrected chi connectivity index (χ2v) is 6.79. The molecular formula is C16H18ClFN4O2S. The summed E-state index contributed by atoms with van der Waals surface area (Å²) in [5.74, 6) is 0.149. The molecule has 0 atom stereocenters. The molecule has 0 aliphatic carbocycles. The molecule has 1 aliphatic rings. The maximum atomic E-state index is 13.9. The smallest absolute Gasteiger partial charge is 0.288 e. The van der Waals surface area contributed by atoms with Crippen LogP contribution in [0.2, 0.25) is 5.02 Å². The van der Waals surface area contributed by atoms with Gasteiger partial charge in [-0.2, -0.15) is 0 Å². The zero-order valence-electron chi connectivity index (χ0n) is 13.7. The van der Waals surface area contributed by atoms with Crippen LogP contribution in [0.25, 0.3) is 0 Å². The van der Waals surface area contributed by atoms with Crippen LogP contribution < -0.4 is 0 Å². The van der Waals surface area contributed by atoms with Gasteiger partial charge in [-0.05, 0) is 37.8 Å². The van der Waals surface area contributed by atoms with Gasteiger partial charge in [0.15, 0.2) is 0 Å². The van der Waals surface area contributed by atoms with Gasteiger partial charge in [0.25, 0.3) is 4.84 Å². The van der Waals surface area contributed by atoms with E-state index in [0.29, 0.717) is 49.2 Å². The highest BCUT2D eigenvalue weighted by Gasteiger charge is 2.22. The minimum atomic E-state index is -0.351. The monoisotopic (exact) mass is 384 g/mol.